The molecule has 0 bridgehead atoms. The molecule has 1 aliphatic carbocycles. The van der Waals surface area contributed by atoms with Crippen LogP contribution in [-0.4, -0.2) is 35.3 Å². The number of hydrogen-bond acceptors (Lipinski definition) is 3. The number of aromatic amines is 1. The lowest BCUT2D eigenvalue weighted by Crippen LogP contribution is -2.39. The molecule has 0 atom stereocenters. The molecule has 5 heteroatoms. The summed E-state index contributed by atoms with van der Waals surface area (Å²) in [5.41, 5.74) is 1.92. The number of benzene rings is 1. The van der Waals surface area contributed by atoms with Gasteiger partial charge in [0.1, 0.15) is 5.75 Å². The van der Waals surface area contributed by atoms with Crippen LogP contribution in [0.2, 0.25) is 0 Å². The Morgan fingerprint density at radius 2 is 2.14 bits per heavy atom. The lowest BCUT2D eigenvalue weighted by molar-refractivity contribution is -0.121. The number of amides is 1. The first-order valence-corrected chi connectivity index (χ1v) is 7.77. The highest BCUT2D eigenvalue weighted by molar-refractivity contribution is 5.93. The largest absolute Gasteiger partial charge is 0.496 e. The van der Waals surface area contributed by atoms with Crippen molar-refractivity contribution in [3.05, 3.63) is 30.0 Å². The van der Waals surface area contributed by atoms with Crippen molar-refractivity contribution >= 4 is 16.8 Å². The molecule has 1 fully saturated rings. The summed E-state index contributed by atoms with van der Waals surface area (Å²) in [6.07, 6.45) is 5.24. The monoisotopic (exact) mass is 302 g/mol. The number of fused-ring (bicyclic) bond motifs is 1. The summed E-state index contributed by atoms with van der Waals surface area (Å²) >= 11 is 0. The molecule has 1 aromatic heterocycles. The van der Waals surface area contributed by atoms with E-state index in [2.05, 4.69) is 10.3 Å². The summed E-state index contributed by atoms with van der Waals surface area (Å²) in [5.74, 6) is 0.801. The maximum absolute atomic E-state index is 12.3. The van der Waals surface area contributed by atoms with Gasteiger partial charge in [0.15, 0.2) is 0 Å². The van der Waals surface area contributed by atoms with E-state index in [1.165, 1.54) is 0 Å². The molecule has 1 saturated carbocycles. The maximum atomic E-state index is 12.3. The fourth-order valence-electron chi connectivity index (χ4n) is 3.20. The molecule has 0 saturated heterocycles. The Morgan fingerprint density at radius 1 is 1.36 bits per heavy atom. The molecule has 5 nitrogen and oxygen atoms in total. The van der Waals surface area contributed by atoms with Gasteiger partial charge in [-0.15, -0.1) is 0 Å². The fourth-order valence-corrected chi connectivity index (χ4v) is 3.20. The van der Waals surface area contributed by atoms with Crippen molar-refractivity contribution < 1.29 is 14.6 Å². The molecule has 3 N–H and O–H groups in total. The van der Waals surface area contributed by atoms with Crippen LogP contribution in [0.3, 0.4) is 0 Å². The second kappa shape index (κ2) is 6.40. The summed E-state index contributed by atoms with van der Waals surface area (Å²) in [6.45, 7) is 0. The predicted octanol–water partition coefficient (Wildman–Crippen LogP) is 2.14. The van der Waals surface area contributed by atoms with Crippen LogP contribution < -0.4 is 10.1 Å². The number of carbonyl (C=O) groups is 1. The van der Waals surface area contributed by atoms with E-state index in [0.29, 0.717) is 6.42 Å². The molecular formula is C17H22N2O3. The van der Waals surface area contributed by atoms with Crippen LogP contribution in [0.5, 0.6) is 5.75 Å². The van der Waals surface area contributed by atoms with Crippen LogP contribution in [0.25, 0.3) is 10.9 Å². The quantitative estimate of drug-likeness (QED) is 0.810. The van der Waals surface area contributed by atoms with Crippen molar-refractivity contribution in [2.24, 2.45) is 0 Å². The highest BCUT2D eigenvalue weighted by Crippen LogP contribution is 2.29. The third-order valence-electron chi connectivity index (χ3n) is 4.38. The van der Waals surface area contributed by atoms with Crippen molar-refractivity contribution in [1.29, 1.82) is 0 Å². The van der Waals surface area contributed by atoms with E-state index in [1.807, 2.05) is 24.4 Å². The minimum atomic E-state index is -0.203. The Morgan fingerprint density at radius 3 is 2.86 bits per heavy atom. The molecule has 0 radical (unpaired) electrons. The summed E-state index contributed by atoms with van der Waals surface area (Å²) in [5, 5.41) is 13.6. The number of nitrogens with one attached hydrogen (secondary N) is 2. The Balaban J connectivity index is 1.69. The minimum absolute atomic E-state index is 0.0215. The van der Waals surface area contributed by atoms with Crippen molar-refractivity contribution in [3.63, 3.8) is 0 Å². The predicted molar refractivity (Wildman–Crippen MR) is 85.0 cm³/mol. The fraction of sp³-hybridized carbons (Fsp3) is 0.471. The molecule has 0 spiro atoms. The summed E-state index contributed by atoms with van der Waals surface area (Å²) in [6, 6.07) is 5.99. The van der Waals surface area contributed by atoms with Crippen LogP contribution >= 0.6 is 0 Å². The first-order valence-electron chi connectivity index (χ1n) is 7.77. The lowest BCUT2D eigenvalue weighted by Gasteiger charge is -2.26. The number of aromatic nitrogens is 1. The highest BCUT2D eigenvalue weighted by atomic mass is 16.5. The average Bonchev–Trinajstić information content (AvgIpc) is 2.93. The van der Waals surface area contributed by atoms with Gasteiger partial charge in [-0.05, 0) is 43.4 Å². The summed E-state index contributed by atoms with van der Waals surface area (Å²) < 4.78 is 5.39. The normalized spacial score (nSPS) is 21.7. The molecule has 118 valence electrons. The van der Waals surface area contributed by atoms with Crippen molar-refractivity contribution in [3.8, 4) is 5.75 Å². The van der Waals surface area contributed by atoms with E-state index in [9.17, 15) is 9.90 Å². The Bertz CT molecular complexity index is 657. The van der Waals surface area contributed by atoms with Crippen molar-refractivity contribution in [1.82, 2.24) is 10.3 Å². The zero-order valence-corrected chi connectivity index (χ0v) is 12.8. The van der Waals surface area contributed by atoms with Gasteiger partial charge in [-0.25, -0.2) is 0 Å². The second-order valence-corrected chi connectivity index (χ2v) is 5.95. The van der Waals surface area contributed by atoms with Gasteiger partial charge in [0, 0.05) is 23.1 Å². The lowest BCUT2D eigenvalue weighted by atomic mass is 9.93. The van der Waals surface area contributed by atoms with Gasteiger partial charge in [0.25, 0.3) is 0 Å². The number of aliphatic hydroxyl groups excluding tert-OH is 1. The van der Waals surface area contributed by atoms with Gasteiger partial charge >= 0.3 is 0 Å². The van der Waals surface area contributed by atoms with Gasteiger partial charge in [-0.3, -0.25) is 4.79 Å². The molecule has 0 aliphatic heterocycles. The first-order chi connectivity index (χ1) is 10.7. The van der Waals surface area contributed by atoms with Crippen molar-refractivity contribution in [2.45, 2.75) is 44.2 Å². The third-order valence-corrected chi connectivity index (χ3v) is 4.38. The van der Waals surface area contributed by atoms with Crippen LogP contribution in [0.4, 0.5) is 0 Å². The van der Waals surface area contributed by atoms with E-state index < -0.39 is 0 Å². The standard InChI is InChI=1S/C17H22N2O3/c1-22-15-4-2-3-14-17(15)11(10-18-14)9-16(21)19-12-5-7-13(20)8-6-12/h2-4,10,12-13,18,20H,5-9H2,1H3,(H,19,21). The Labute approximate surface area is 129 Å². The molecule has 3 rings (SSSR count). The molecule has 0 unspecified atom stereocenters. The number of ether oxygens (including phenoxy) is 1. The van der Waals surface area contributed by atoms with Crippen LogP contribution in [0.15, 0.2) is 24.4 Å². The van der Waals surface area contributed by atoms with E-state index in [1.54, 1.807) is 7.11 Å². The molecular weight excluding hydrogens is 280 g/mol. The molecule has 1 heterocycles. The van der Waals surface area contributed by atoms with E-state index in [0.717, 1.165) is 47.9 Å². The second-order valence-electron chi connectivity index (χ2n) is 5.95. The topological polar surface area (TPSA) is 74.4 Å². The molecule has 1 aromatic carbocycles. The number of carbonyl (C=O) groups excluding carboxylic acids is 1. The summed E-state index contributed by atoms with van der Waals surface area (Å²) in [7, 11) is 1.64. The number of aliphatic hydroxyl groups is 1. The average molecular weight is 302 g/mol. The zero-order valence-electron chi connectivity index (χ0n) is 12.8. The van der Waals surface area contributed by atoms with Gasteiger partial charge in [0.2, 0.25) is 5.91 Å². The smallest absolute Gasteiger partial charge is 0.224 e. The van der Waals surface area contributed by atoms with Crippen molar-refractivity contribution in [2.75, 3.05) is 7.11 Å². The minimum Gasteiger partial charge on any atom is -0.496 e. The molecule has 1 aliphatic rings. The highest BCUT2D eigenvalue weighted by Gasteiger charge is 2.21. The van der Waals surface area contributed by atoms with E-state index in [4.69, 9.17) is 4.74 Å². The number of methoxy groups -OCH3 is 1. The van der Waals surface area contributed by atoms with Crippen LogP contribution in [-0.2, 0) is 11.2 Å². The van der Waals surface area contributed by atoms with Gasteiger partial charge in [-0.2, -0.15) is 0 Å². The van der Waals surface area contributed by atoms with E-state index >= 15 is 0 Å². The Hall–Kier alpha value is -2.01. The zero-order chi connectivity index (χ0) is 15.5. The van der Waals surface area contributed by atoms with Gasteiger partial charge in [0.05, 0.1) is 19.6 Å². The van der Waals surface area contributed by atoms with Crippen LogP contribution in [0, 0.1) is 0 Å². The Kier molecular flexibility index (Phi) is 4.34. The third kappa shape index (κ3) is 3.09. The van der Waals surface area contributed by atoms with Crippen LogP contribution in [0.1, 0.15) is 31.2 Å². The van der Waals surface area contributed by atoms with E-state index in [-0.39, 0.29) is 18.1 Å². The molecule has 22 heavy (non-hydrogen) atoms. The summed E-state index contributed by atoms with van der Waals surface area (Å²) in [4.78, 5) is 15.5. The van der Waals surface area contributed by atoms with Gasteiger partial charge < -0.3 is 20.1 Å². The van der Waals surface area contributed by atoms with Gasteiger partial charge in [-0.1, -0.05) is 6.07 Å². The first kappa shape index (κ1) is 14.9. The number of H-pyrrole nitrogens is 1. The number of hydrogen-bond donors (Lipinski definition) is 3. The number of rotatable bonds is 4. The maximum Gasteiger partial charge on any atom is 0.224 e. The SMILES string of the molecule is COc1cccc2[nH]cc(CC(=O)NC3CCC(O)CC3)c12. The molecule has 1 amide bonds. The molecule has 2 aromatic rings.